The molecule has 5 heteroatoms. The van der Waals surface area contributed by atoms with Gasteiger partial charge in [-0.1, -0.05) is 19.0 Å². The highest BCUT2D eigenvalue weighted by Crippen LogP contribution is 2.08. The molecule has 0 fully saturated rings. The fraction of sp³-hybridized carbons (Fsp3) is 0.833. The molecule has 0 spiro atoms. The maximum absolute atomic E-state index is 5.26. The quantitative estimate of drug-likeness (QED) is 0.769. The van der Waals surface area contributed by atoms with E-state index in [1.807, 2.05) is 21.1 Å². The molecular weight excluding hydrogens is 216 g/mol. The SMILES string of the molecule is CNC(Cc1nc(CCN(C)C)no1)C(C)C. The van der Waals surface area contributed by atoms with Gasteiger partial charge >= 0.3 is 0 Å². The van der Waals surface area contributed by atoms with E-state index in [9.17, 15) is 0 Å². The number of aromatic nitrogens is 2. The number of rotatable bonds is 7. The molecule has 0 saturated heterocycles. The summed E-state index contributed by atoms with van der Waals surface area (Å²) in [5, 5.41) is 7.27. The Hall–Kier alpha value is -0.940. The molecule has 1 atom stereocenters. The average Bonchev–Trinajstić information content (AvgIpc) is 2.70. The van der Waals surface area contributed by atoms with Crippen molar-refractivity contribution >= 4 is 0 Å². The predicted molar refractivity (Wildman–Crippen MR) is 67.9 cm³/mol. The molecule has 1 rings (SSSR count). The second kappa shape index (κ2) is 6.71. The lowest BCUT2D eigenvalue weighted by atomic mass is 10.0. The molecule has 0 saturated carbocycles. The molecule has 98 valence electrons. The molecule has 1 N–H and O–H groups in total. The summed E-state index contributed by atoms with van der Waals surface area (Å²) in [6.07, 6.45) is 1.63. The molecule has 5 nitrogen and oxygen atoms in total. The Bertz CT molecular complexity index is 322. The first-order chi connectivity index (χ1) is 8.02. The van der Waals surface area contributed by atoms with Crippen molar-refractivity contribution in [1.29, 1.82) is 0 Å². The van der Waals surface area contributed by atoms with Crippen LogP contribution in [0, 0.1) is 5.92 Å². The average molecular weight is 240 g/mol. The van der Waals surface area contributed by atoms with Crippen LogP contribution >= 0.6 is 0 Å². The minimum Gasteiger partial charge on any atom is -0.339 e. The molecule has 1 aromatic rings. The van der Waals surface area contributed by atoms with Crippen molar-refractivity contribution < 1.29 is 4.52 Å². The largest absolute Gasteiger partial charge is 0.339 e. The molecule has 0 aliphatic rings. The summed E-state index contributed by atoms with van der Waals surface area (Å²) in [7, 11) is 6.04. The van der Waals surface area contributed by atoms with Gasteiger partial charge in [0.25, 0.3) is 0 Å². The third-order valence-corrected chi connectivity index (χ3v) is 2.86. The highest BCUT2D eigenvalue weighted by atomic mass is 16.5. The van der Waals surface area contributed by atoms with E-state index in [-0.39, 0.29) is 0 Å². The number of hydrogen-bond donors (Lipinski definition) is 1. The Kier molecular flexibility index (Phi) is 5.58. The molecule has 1 aromatic heterocycles. The molecule has 1 unspecified atom stereocenters. The lowest BCUT2D eigenvalue weighted by Crippen LogP contribution is -2.32. The van der Waals surface area contributed by atoms with Crippen molar-refractivity contribution in [2.45, 2.75) is 32.7 Å². The Morgan fingerprint density at radius 2 is 2.06 bits per heavy atom. The smallest absolute Gasteiger partial charge is 0.228 e. The summed E-state index contributed by atoms with van der Waals surface area (Å²) in [5.41, 5.74) is 0. The van der Waals surface area contributed by atoms with Gasteiger partial charge in [0.05, 0.1) is 0 Å². The van der Waals surface area contributed by atoms with Gasteiger partial charge in [-0.2, -0.15) is 4.98 Å². The summed E-state index contributed by atoms with van der Waals surface area (Å²) in [6.45, 7) is 5.31. The fourth-order valence-corrected chi connectivity index (χ4v) is 1.66. The van der Waals surface area contributed by atoms with Crippen LogP contribution in [0.5, 0.6) is 0 Å². The normalized spacial score (nSPS) is 13.6. The lowest BCUT2D eigenvalue weighted by molar-refractivity contribution is 0.331. The zero-order valence-electron chi connectivity index (χ0n) is 11.5. The summed E-state index contributed by atoms with van der Waals surface area (Å²) < 4.78 is 5.26. The molecule has 0 radical (unpaired) electrons. The fourth-order valence-electron chi connectivity index (χ4n) is 1.66. The standard InChI is InChI=1S/C12H24N4O/c1-9(2)10(13-3)8-12-14-11(15-17-12)6-7-16(4)5/h9-10,13H,6-8H2,1-5H3. The first kappa shape index (κ1) is 14.1. The number of likely N-dealkylation sites (N-methyl/N-ethyl adjacent to an activating group) is 2. The topological polar surface area (TPSA) is 54.2 Å². The highest BCUT2D eigenvalue weighted by molar-refractivity contribution is 4.90. The first-order valence-electron chi connectivity index (χ1n) is 6.16. The minimum absolute atomic E-state index is 0.386. The van der Waals surface area contributed by atoms with Crippen LogP contribution in [-0.4, -0.2) is 48.8 Å². The van der Waals surface area contributed by atoms with Crippen molar-refractivity contribution in [2.75, 3.05) is 27.7 Å². The van der Waals surface area contributed by atoms with E-state index < -0.39 is 0 Å². The molecular formula is C12H24N4O. The van der Waals surface area contributed by atoms with Crippen molar-refractivity contribution in [2.24, 2.45) is 5.92 Å². The molecule has 17 heavy (non-hydrogen) atoms. The molecule has 0 bridgehead atoms. The van der Waals surface area contributed by atoms with Crippen LogP contribution in [0.3, 0.4) is 0 Å². The Morgan fingerprint density at radius 3 is 2.59 bits per heavy atom. The van der Waals surface area contributed by atoms with Crippen molar-refractivity contribution in [3.63, 3.8) is 0 Å². The summed E-state index contributed by atoms with van der Waals surface area (Å²) >= 11 is 0. The zero-order valence-corrected chi connectivity index (χ0v) is 11.5. The Morgan fingerprint density at radius 1 is 1.35 bits per heavy atom. The van der Waals surface area contributed by atoms with Crippen molar-refractivity contribution in [3.8, 4) is 0 Å². The van der Waals surface area contributed by atoms with Crippen molar-refractivity contribution in [1.82, 2.24) is 20.4 Å². The van der Waals surface area contributed by atoms with Crippen LogP contribution in [0.25, 0.3) is 0 Å². The van der Waals surface area contributed by atoms with Crippen molar-refractivity contribution in [3.05, 3.63) is 11.7 Å². The van der Waals surface area contributed by atoms with Gasteiger partial charge in [0, 0.05) is 25.4 Å². The number of nitrogens with zero attached hydrogens (tertiary/aromatic N) is 3. The van der Waals surface area contributed by atoms with Gasteiger partial charge in [0.2, 0.25) is 5.89 Å². The van der Waals surface area contributed by atoms with Gasteiger partial charge in [-0.05, 0) is 27.1 Å². The molecule has 0 amide bonds. The number of hydrogen-bond acceptors (Lipinski definition) is 5. The molecule has 1 heterocycles. The van der Waals surface area contributed by atoms with E-state index in [0.717, 1.165) is 31.1 Å². The number of nitrogens with one attached hydrogen (secondary N) is 1. The molecule has 0 aliphatic carbocycles. The van der Waals surface area contributed by atoms with Crippen LogP contribution in [0.4, 0.5) is 0 Å². The molecule has 0 aromatic carbocycles. The Labute approximate surface area is 104 Å². The van der Waals surface area contributed by atoms with Crippen LogP contribution < -0.4 is 5.32 Å². The van der Waals surface area contributed by atoms with E-state index >= 15 is 0 Å². The van der Waals surface area contributed by atoms with Gasteiger partial charge in [-0.25, -0.2) is 0 Å². The second-order valence-electron chi connectivity index (χ2n) is 5.00. The maximum atomic E-state index is 5.26. The first-order valence-corrected chi connectivity index (χ1v) is 6.16. The zero-order chi connectivity index (χ0) is 12.8. The van der Waals surface area contributed by atoms with E-state index in [1.54, 1.807) is 0 Å². The summed E-state index contributed by atoms with van der Waals surface area (Å²) in [4.78, 5) is 6.52. The van der Waals surface area contributed by atoms with Crippen LogP contribution in [-0.2, 0) is 12.8 Å². The van der Waals surface area contributed by atoms with E-state index in [1.165, 1.54) is 0 Å². The summed E-state index contributed by atoms with van der Waals surface area (Å²) in [5.74, 6) is 2.08. The van der Waals surface area contributed by atoms with Gasteiger partial charge in [-0.15, -0.1) is 0 Å². The van der Waals surface area contributed by atoms with E-state index in [4.69, 9.17) is 4.52 Å². The summed E-state index contributed by atoms with van der Waals surface area (Å²) in [6, 6.07) is 0.386. The van der Waals surface area contributed by atoms with E-state index in [0.29, 0.717) is 12.0 Å². The highest BCUT2D eigenvalue weighted by Gasteiger charge is 2.16. The van der Waals surface area contributed by atoms with Crippen LogP contribution in [0.15, 0.2) is 4.52 Å². The predicted octanol–water partition coefficient (Wildman–Crippen LogP) is 0.960. The third-order valence-electron chi connectivity index (χ3n) is 2.86. The molecule has 0 aliphatic heterocycles. The Balaban J connectivity index is 2.50. The van der Waals surface area contributed by atoms with Gasteiger partial charge < -0.3 is 14.7 Å². The maximum Gasteiger partial charge on any atom is 0.228 e. The van der Waals surface area contributed by atoms with Crippen LogP contribution in [0.2, 0.25) is 0 Å². The van der Waals surface area contributed by atoms with E-state index in [2.05, 4.69) is 34.2 Å². The van der Waals surface area contributed by atoms with Gasteiger partial charge in [0.15, 0.2) is 5.82 Å². The lowest BCUT2D eigenvalue weighted by Gasteiger charge is -2.17. The van der Waals surface area contributed by atoms with Crippen LogP contribution in [0.1, 0.15) is 25.6 Å². The van der Waals surface area contributed by atoms with Gasteiger partial charge in [-0.3, -0.25) is 0 Å². The van der Waals surface area contributed by atoms with Gasteiger partial charge in [0.1, 0.15) is 0 Å². The second-order valence-corrected chi connectivity index (χ2v) is 5.00. The monoisotopic (exact) mass is 240 g/mol. The minimum atomic E-state index is 0.386. The third kappa shape index (κ3) is 4.83.